The van der Waals surface area contributed by atoms with Gasteiger partial charge in [-0.2, -0.15) is 13.2 Å². The van der Waals surface area contributed by atoms with Gasteiger partial charge in [-0.05, 0) is 43.2 Å². The Labute approximate surface area is 153 Å². The maximum absolute atomic E-state index is 12.9. The Morgan fingerprint density at radius 3 is 2.56 bits per heavy atom. The van der Waals surface area contributed by atoms with Crippen molar-refractivity contribution in [2.24, 2.45) is 0 Å². The molecule has 0 saturated carbocycles. The maximum Gasteiger partial charge on any atom is 0.416 e. The zero-order valence-corrected chi connectivity index (χ0v) is 14.4. The normalized spacial score (nSPS) is 16.0. The summed E-state index contributed by atoms with van der Waals surface area (Å²) in [5.41, 5.74) is 0.0318. The number of alkyl halides is 3. The molecule has 1 fully saturated rings. The van der Waals surface area contributed by atoms with Crippen LogP contribution in [0.4, 0.5) is 13.2 Å². The van der Waals surface area contributed by atoms with Crippen molar-refractivity contribution in [2.75, 3.05) is 13.1 Å². The van der Waals surface area contributed by atoms with E-state index in [0.717, 1.165) is 23.6 Å². The number of likely N-dealkylation sites (tertiary alicyclic amines) is 1. The minimum absolute atomic E-state index is 0.0659. The molecule has 8 heteroatoms. The molecule has 0 aliphatic carbocycles. The van der Waals surface area contributed by atoms with Crippen LogP contribution in [-0.4, -0.2) is 38.5 Å². The molecule has 3 heterocycles. The van der Waals surface area contributed by atoms with E-state index in [4.69, 9.17) is 0 Å². The first kappa shape index (κ1) is 17.5. The summed E-state index contributed by atoms with van der Waals surface area (Å²) < 4.78 is 40.5. The van der Waals surface area contributed by atoms with Gasteiger partial charge in [0.05, 0.1) is 5.56 Å². The van der Waals surface area contributed by atoms with Crippen molar-refractivity contribution < 1.29 is 18.0 Å². The topological polar surface area (TPSA) is 50.5 Å². The molecule has 0 radical (unpaired) electrons. The lowest BCUT2D eigenvalue weighted by atomic mass is 9.95. The van der Waals surface area contributed by atoms with Gasteiger partial charge in [0.1, 0.15) is 5.82 Å². The van der Waals surface area contributed by atoms with E-state index >= 15 is 0 Å². The predicted octanol–water partition coefficient (Wildman–Crippen LogP) is 3.77. The highest BCUT2D eigenvalue weighted by Gasteiger charge is 2.32. The lowest BCUT2D eigenvalue weighted by Gasteiger charge is -2.31. The average molecular weight is 374 g/mol. The van der Waals surface area contributed by atoms with E-state index in [1.165, 1.54) is 12.1 Å². The van der Waals surface area contributed by atoms with E-state index in [-0.39, 0.29) is 17.4 Å². The Kier molecular flexibility index (Phi) is 4.33. The molecule has 1 aromatic carbocycles. The molecular formula is C19H17F3N4O. The van der Waals surface area contributed by atoms with Gasteiger partial charge in [0.25, 0.3) is 5.91 Å². The Hall–Kier alpha value is -2.90. The number of benzene rings is 1. The molecule has 3 aromatic rings. The first-order valence-corrected chi connectivity index (χ1v) is 8.69. The average Bonchev–Trinajstić information content (AvgIpc) is 3.11. The fourth-order valence-corrected chi connectivity index (χ4v) is 3.49. The van der Waals surface area contributed by atoms with Gasteiger partial charge in [-0.25, -0.2) is 0 Å². The van der Waals surface area contributed by atoms with Crippen molar-refractivity contribution >= 4 is 11.6 Å². The van der Waals surface area contributed by atoms with Gasteiger partial charge in [-0.3, -0.25) is 9.20 Å². The Morgan fingerprint density at radius 1 is 1.04 bits per heavy atom. The number of nitrogens with zero attached hydrogens (tertiary/aromatic N) is 4. The van der Waals surface area contributed by atoms with Crippen LogP contribution < -0.4 is 0 Å². The van der Waals surface area contributed by atoms with Crippen LogP contribution in [0.1, 0.15) is 40.5 Å². The van der Waals surface area contributed by atoms with Crippen LogP contribution in [0.5, 0.6) is 0 Å². The lowest BCUT2D eigenvalue weighted by Crippen LogP contribution is -2.38. The van der Waals surface area contributed by atoms with Gasteiger partial charge >= 0.3 is 6.18 Å². The monoisotopic (exact) mass is 374 g/mol. The zero-order valence-electron chi connectivity index (χ0n) is 14.4. The minimum Gasteiger partial charge on any atom is -0.339 e. The number of pyridine rings is 1. The summed E-state index contributed by atoms with van der Waals surface area (Å²) in [4.78, 5) is 14.2. The molecule has 1 amide bonds. The van der Waals surface area contributed by atoms with E-state index in [0.29, 0.717) is 25.9 Å². The number of hydrogen-bond acceptors (Lipinski definition) is 3. The van der Waals surface area contributed by atoms with E-state index in [2.05, 4.69) is 10.2 Å². The molecule has 140 valence electrons. The largest absolute Gasteiger partial charge is 0.416 e. The number of rotatable bonds is 2. The van der Waals surface area contributed by atoms with Gasteiger partial charge < -0.3 is 4.90 Å². The molecule has 2 aromatic heterocycles. The van der Waals surface area contributed by atoms with Crippen LogP contribution >= 0.6 is 0 Å². The molecule has 27 heavy (non-hydrogen) atoms. The number of aromatic nitrogens is 3. The second-order valence-electron chi connectivity index (χ2n) is 6.63. The molecule has 1 aliphatic heterocycles. The highest BCUT2D eigenvalue weighted by atomic mass is 19.4. The van der Waals surface area contributed by atoms with E-state index in [1.807, 2.05) is 28.8 Å². The fourth-order valence-electron chi connectivity index (χ4n) is 3.49. The summed E-state index contributed by atoms with van der Waals surface area (Å²) in [6.45, 7) is 0.947. The summed E-state index contributed by atoms with van der Waals surface area (Å²) >= 11 is 0. The minimum atomic E-state index is -4.46. The summed E-state index contributed by atoms with van der Waals surface area (Å²) in [5, 5.41) is 8.42. The number of fused-ring (bicyclic) bond motifs is 1. The van der Waals surface area contributed by atoms with Crippen LogP contribution in [0.2, 0.25) is 0 Å². The molecule has 0 N–H and O–H groups in total. The van der Waals surface area contributed by atoms with Crippen LogP contribution in [-0.2, 0) is 6.18 Å². The van der Waals surface area contributed by atoms with Gasteiger partial charge in [-0.15, -0.1) is 10.2 Å². The highest BCUT2D eigenvalue weighted by molar-refractivity contribution is 5.94. The highest BCUT2D eigenvalue weighted by Crippen LogP contribution is 2.31. The number of hydrogen-bond donors (Lipinski definition) is 0. The molecule has 1 aliphatic rings. The van der Waals surface area contributed by atoms with Gasteiger partial charge in [-0.1, -0.05) is 12.1 Å². The molecular weight excluding hydrogens is 357 g/mol. The first-order valence-electron chi connectivity index (χ1n) is 8.69. The summed E-state index contributed by atoms with van der Waals surface area (Å²) in [7, 11) is 0. The molecule has 1 saturated heterocycles. The van der Waals surface area contributed by atoms with Gasteiger partial charge in [0, 0.05) is 30.8 Å². The zero-order chi connectivity index (χ0) is 19.0. The Morgan fingerprint density at radius 2 is 1.81 bits per heavy atom. The molecule has 0 unspecified atom stereocenters. The number of amides is 1. The second-order valence-corrected chi connectivity index (χ2v) is 6.63. The van der Waals surface area contributed by atoms with Crippen molar-refractivity contribution in [1.29, 1.82) is 0 Å². The predicted molar refractivity (Wildman–Crippen MR) is 92.3 cm³/mol. The summed E-state index contributed by atoms with van der Waals surface area (Å²) in [6, 6.07) is 10.3. The molecule has 4 rings (SSSR count). The van der Waals surface area contributed by atoms with Crippen molar-refractivity contribution in [2.45, 2.75) is 24.9 Å². The van der Waals surface area contributed by atoms with Crippen molar-refractivity contribution in [3.63, 3.8) is 0 Å². The van der Waals surface area contributed by atoms with E-state index in [9.17, 15) is 18.0 Å². The fraction of sp³-hybridized carbons (Fsp3) is 0.316. The first-order chi connectivity index (χ1) is 12.9. The lowest BCUT2D eigenvalue weighted by molar-refractivity contribution is -0.137. The number of halogens is 3. The second kappa shape index (κ2) is 6.68. The van der Waals surface area contributed by atoms with E-state index < -0.39 is 11.7 Å². The third-order valence-corrected chi connectivity index (χ3v) is 4.92. The molecule has 0 bridgehead atoms. The van der Waals surface area contributed by atoms with Crippen LogP contribution in [0.3, 0.4) is 0 Å². The third-order valence-electron chi connectivity index (χ3n) is 4.92. The van der Waals surface area contributed by atoms with Crippen molar-refractivity contribution in [3.8, 4) is 0 Å². The summed E-state index contributed by atoms with van der Waals surface area (Å²) in [5.74, 6) is 0.648. The van der Waals surface area contributed by atoms with Crippen LogP contribution in [0.15, 0.2) is 48.7 Å². The molecule has 5 nitrogen and oxygen atoms in total. The molecule has 0 spiro atoms. The smallest absolute Gasteiger partial charge is 0.339 e. The Balaban J connectivity index is 1.47. The maximum atomic E-state index is 12.9. The van der Waals surface area contributed by atoms with Crippen LogP contribution in [0, 0.1) is 0 Å². The quantitative estimate of drug-likeness (QED) is 0.686. The SMILES string of the molecule is O=C(c1cccc(C(F)(F)F)c1)N1CCC(c2nnc3ccccn23)CC1. The standard InChI is InChI=1S/C19H17F3N4O/c20-19(21,22)15-5-3-4-14(12-15)18(27)25-10-7-13(8-11-25)17-24-23-16-6-1-2-9-26(16)17/h1-6,9,12-13H,7-8,10-11H2. The number of carbonyl (C=O) groups excluding carboxylic acids is 1. The summed E-state index contributed by atoms with van der Waals surface area (Å²) in [6.07, 6.45) is -1.16. The van der Waals surface area contributed by atoms with Crippen molar-refractivity contribution in [3.05, 3.63) is 65.6 Å². The number of carbonyl (C=O) groups is 1. The Bertz CT molecular complexity index is 974. The van der Waals surface area contributed by atoms with Crippen LogP contribution in [0.25, 0.3) is 5.65 Å². The van der Waals surface area contributed by atoms with Gasteiger partial charge in [0.15, 0.2) is 5.65 Å². The molecule has 0 atom stereocenters. The third kappa shape index (κ3) is 3.39. The van der Waals surface area contributed by atoms with E-state index in [1.54, 1.807) is 4.90 Å². The van der Waals surface area contributed by atoms with Gasteiger partial charge in [0.2, 0.25) is 0 Å². The van der Waals surface area contributed by atoms with Crippen molar-refractivity contribution in [1.82, 2.24) is 19.5 Å². The number of piperidine rings is 1.